The van der Waals surface area contributed by atoms with Crippen LogP contribution in [0, 0.1) is 10.1 Å². The Hall–Kier alpha value is -2.80. The molecule has 0 atom stereocenters. The van der Waals surface area contributed by atoms with Crippen molar-refractivity contribution in [1.82, 2.24) is 5.32 Å². The molecule has 2 aromatic rings. The van der Waals surface area contributed by atoms with Crippen molar-refractivity contribution in [3.63, 3.8) is 0 Å². The Morgan fingerprint density at radius 1 is 1.22 bits per heavy atom. The molecular formula is C19H20ClN3O4. The smallest absolute Gasteiger partial charge is 0.293 e. The number of rotatable bonds is 7. The molecule has 2 aromatic carbocycles. The molecule has 0 aromatic heterocycles. The summed E-state index contributed by atoms with van der Waals surface area (Å²) in [5.74, 6) is 0.239. The zero-order chi connectivity index (χ0) is 19.2. The molecule has 1 heterocycles. The predicted molar refractivity (Wildman–Crippen MR) is 104 cm³/mol. The molecule has 0 saturated carbocycles. The Morgan fingerprint density at radius 3 is 2.70 bits per heavy atom. The highest BCUT2D eigenvalue weighted by Crippen LogP contribution is 2.31. The molecule has 0 bridgehead atoms. The van der Waals surface area contributed by atoms with Crippen LogP contribution in [0.5, 0.6) is 5.75 Å². The Morgan fingerprint density at radius 2 is 2.00 bits per heavy atom. The van der Waals surface area contributed by atoms with Crippen LogP contribution in [-0.4, -0.2) is 37.1 Å². The first-order valence-electron chi connectivity index (χ1n) is 8.74. The van der Waals surface area contributed by atoms with Crippen LogP contribution in [0.1, 0.15) is 23.2 Å². The van der Waals surface area contributed by atoms with E-state index in [-0.39, 0.29) is 30.3 Å². The number of nitrogens with zero attached hydrogens (tertiary/aromatic N) is 2. The van der Waals surface area contributed by atoms with Crippen molar-refractivity contribution in [2.75, 3.05) is 31.1 Å². The quantitative estimate of drug-likeness (QED) is 0.444. The van der Waals surface area contributed by atoms with Crippen molar-refractivity contribution in [3.8, 4) is 5.75 Å². The third kappa shape index (κ3) is 4.89. The number of carbonyl (C=O) groups excluding carboxylic acids is 1. The third-order valence-corrected chi connectivity index (χ3v) is 4.57. The molecule has 8 heteroatoms. The first kappa shape index (κ1) is 19.0. The number of hydrogen-bond acceptors (Lipinski definition) is 5. The van der Waals surface area contributed by atoms with Crippen LogP contribution in [0.3, 0.4) is 0 Å². The summed E-state index contributed by atoms with van der Waals surface area (Å²) in [6, 6.07) is 11.6. The van der Waals surface area contributed by atoms with Crippen LogP contribution in [0.2, 0.25) is 5.02 Å². The minimum Gasteiger partial charge on any atom is -0.492 e. The number of nitro groups is 1. The van der Waals surface area contributed by atoms with Crippen LogP contribution in [-0.2, 0) is 0 Å². The molecule has 1 fully saturated rings. The van der Waals surface area contributed by atoms with Gasteiger partial charge in [0.1, 0.15) is 18.0 Å². The fourth-order valence-corrected chi connectivity index (χ4v) is 3.21. The normalized spacial score (nSPS) is 13.4. The van der Waals surface area contributed by atoms with Crippen molar-refractivity contribution in [2.45, 2.75) is 12.8 Å². The number of nitrogens with one attached hydrogen (secondary N) is 1. The second kappa shape index (κ2) is 8.73. The maximum atomic E-state index is 12.3. The summed E-state index contributed by atoms with van der Waals surface area (Å²) in [6.07, 6.45) is 2.04. The maximum Gasteiger partial charge on any atom is 0.293 e. The van der Waals surface area contributed by atoms with Gasteiger partial charge in [0, 0.05) is 29.7 Å². The first-order chi connectivity index (χ1) is 13.0. The molecule has 142 valence electrons. The van der Waals surface area contributed by atoms with E-state index in [1.807, 2.05) is 4.90 Å². The van der Waals surface area contributed by atoms with E-state index in [2.05, 4.69) is 5.32 Å². The zero-order valence-electron chi connectivity index (χ0n) is 14.7. The van der Waals surface area contributed by atoms with Crippen LogP contribution < -0.4 is 15.0 Å². The molecule has 27 heavy (non-hydrogen) atoms. The fraction of sp³-hybridized carbons (Fsp3) is 0.316. The van der Waals surface area contributed by atoms with Crippen LogP contribution in [0.15, 0.2) is 42.5 Å². The van der Waals surface area contributed by atoms with Gasteiger partial charge in [0.05, 0.1) is 11.5 Å². The summed E-state index contributed by atoms with van der Waals surface area (Å²) < 4.78 is 5.51. The number of nitro benzene ring substituents is 1. The van der Waals surface area contributed by atoms with Gasteiger partial charge in [-0.3, -0.25) is 14.9 Å². The summed E-state index contributed by atoms with van der Waals surface area (Å²) in [5, 5.41) is 14.7. The lowest BCUT2D eigenvalue weighted by molar-refractivity contribution is -0.384. The van der Waals surface area contributed by atoms with E-state index in [1.165, 1.54) is 6.07 Å². The van der Waals surface area contributed by atoms with Gasteiger partial charge in [0.2, 0.25) is 0 Å². The van der Waals surface area contributed by atoms with Gasteiger partial charge in [-0.15, -0.1) is 0 Å². The van der Waals surface area contributed by atoms with Gasteiger partial charge in [0.25, 0.3) is 11.6 Å². The Balaban J connectivity index is 1.59. The highest BCUT2D eigenvalue weighted by atomic mass is 35.5. The number of carbonyl (C=O) groups is 1. The van der Waals surface area contributed by atoms with Crippen LogP contribution >= 0.6 is 11.6 Å². The molecule has 1 aliphatic heterocycles. The Bertz CT molecular complexity index is 837. The SMILES string of the molecule is O=C(NCCOc1cccc(Cl)c1)c1ccc(N2CCCC2)c([N+](=O)[O-])c1. The third-order valence-electron chi connectivity index (χ3n) is 4.33. The lowest BCUT2D eigenvalue weighted by Gasteiger charge is -2.17. The highest BCUT2D eigenvalue weighted by molar-refractivity contribution is 6.30. The summed E-state index contributed by atoms with van der Waals surface area (Å²) in [7, 11) is 0. The second-order valence-corrected chi connectivity index (χ2v) is 6.65. The molecule has 3 rings (SSSR count). The van der Waals surface area contributed by atoms with Crippen molar-refractivity contribution in [3.05, 3.63) is 63.2 Å². The summed E-state index contributed by atoms with van der Waals surface area (Å²) in [5.41, 5.74) is 0.783. The number of anilines is 1. The van der Waals surface area contributed by atoms with E-state index >= 15 is 0 Å². The van der Waals surface area contributed by atoms with Gasteiger partial charge < -0.3 is 15.0 Å². The molecule has 0 aliphatic carbocycles. The fourth-order valence-electron chi connectivity index (χ4n) is 3.03. The molecule has 1 N–H and O–H groups in total. The predicted octanol–water partition coefficient (Wildman–Crippen LogP) is 3.66. The van der Waals surface area contributed by atoms with E-state index in [9.17, 15) is 14.9 Å². The minimum atomic E-state index is -0.438. The van der Waals surface area contributed by atoms with Crippen LogP contribution in [0.25, 0.3) is 0 Å². The summed E-state index contributed by atoms with van der Waals surface area (Å²) in [6.45, 7) is 2.13. The number of halogens is 1. The van der Waals surface area contributed by atoms with E-state index in [1.54, 1.807) is 36.4 Å². The van der Waals surface area contributed by atoms with Gasteiger partial charge in [-0.05, 0) is 43.2 Å². The van der Waals surface area contributed by atoms with Gasteiger partial charge >= 0.3 is 0 Å². The largest absolute Gasteiger partial charge is 0.492 e. The molecule has 1 aliphatic rings. The lowest BCUT2D eigenvalue weighted by Crippen LogP contribution is -2.28. The second-order valence-electron chi connectivity index (χ2n) is 6.22. The molecule has 0 radical (unpaired) electrons. The summed E-state index contributed by atoms with van der Waals surface area (Å²) >= 11 is 5.88. The van der Waals surface area contributed by atoms with Crippen molar-refractivity contribution in [1.29, 1.82) is 0 Å². The summed E-state index contributed by atoms with van der Waals surface area (Å²) in [4.78, 5) is 25.3. The van der Waals surface area contributed by atoms with Gasteiger partial charge in [0.15, 0.2) is 0 Å². The minimum absolute atomic E-state index is 0.0419. The van der Waals surface area contributed by atoms with E-state index < -0.39 is 4.92 Å². The number of amides is 1. The Labute approximate surface area is 162 Å². The Kier molecular flexibility index (Phi) is 6.13. The average Bonchev–Trinajstić information content (AvgIpc) is 3.19. The van der Waals surface area contributed by atoms with E-state index in [4.69, 9.17) is 16.3 Å². The van der Waals surface area contributed by atoms with E-state index in [0.29, 0.717) is 16.5 Å². The molecule has 0 spiro atoms. The number of hydrogen-bond donors (Lipinski definition) is 1. The average molecular weight is 390 g/mol. The topological polar surface area (TPSA) is 84.7 Å². The van der Waals surface area contributed by atoms with Gasteiger partial charge in [-0.1, -0.05) is 17.7 Å². The van der Waals surface area contributed by atoms with Gasteiger partial charge in [-0.25, -0.2) is 0 Å². The number of ether oxygens (including phenoxy) is 1. The lowest BCUT2D eigenvalue weighted by atomic mass is 10.1. The molecular weight excluding hydrogens is 370 g/mol. The van der Waals surface area contributed by atoms with Crippen molar-refractivity contribution < 1.29 is 14.5 Å². The monoisotopic (exact) mass is 389 g/mol. The number of benzene rings is 2. The zero-order valence-corrected chi connectivity index (χ0v) is 15.4. The maximum absolute atomic E-state index is 12.3. The molecule has 1 saturated heterocycles. The standard InChI is InChI=1S/C19H20ClN3O4/c20-15-4-3-5-16(13-15)27-11-8-21-19(24)14-6-7-17(18(12-14)23(25)26)22-9-1-2-10-22/h3-7,12-13H,1-2,8-11H2,(H,21,24). The van der Waals surface area contributed by atoms with E-state index in [0.717, 1.165) is 25.9 Å². The van der Waals surface area contributed by atoms with Crippen molar-refractivity contribution >= 4 is 28.9 Å². The molecule has 0 unspecified atom stereocenters. The molecule has 7 nitrogen and oxygen atoms in total. The van der Waals surface area contributed by atoms with Gasteiger partial charge in [-0.2, -0.15) is 0 Å². The highest BCUT2D eigenvalue weighted by Gasteiger charge is 2.23. The molecule has 1 amide bonds. The van der Waals surface area contributed by atoms with Crippen LogP contribution in [0.4, 0.5) is 11.4 Å². The first-order valence-corrected chi connectivity index (χ1v) is 9.12. The van der Waals surface area contributed by atoms with Crippen molar-refractivity contribution in [2.24, 2.45) is 0 Å².